The summed E-state index contributed by atoms with van der Waals surface area (Å²) in [7, 11) is 1.88. The minimum absolute atomic E-state index is 0.330. The van der Waals surface area contributed by atoms with Crippen molar-refractivity contribution in [2.24, 2.45) is 7.05 Å². The van der Waals surface area contributed by atoms with Crippen LogP contribution in [0.2, 0.25) is 0 Å². The van der Waals surface area contributed by atoms with Crippen LogP contribution >= 0.6 is 11.8 Å². The summed E-state index contributed by atoms with van der Waals surface area (Å²) in [5, 5.41) is 5.26. The van der Waals surface area contributed by atoms with Gasteiger partial charge in [-0.05, 0) is 32.0 Å². The number of ether oxygens (including phenoxy) is 1. The summed E-state index contributed by atoms with van der Waals surface area (Å²) in [4.78, 5) is 12.6. The minimum Gasteiger partial charge on any atom is -0.462 e. The summed E-state index contributed by atoms with van der Waals surface area (Å²) in [6, 6.07) is 7.33. The lowest BCUT2D eigenvalue weighted by Crippen LogP contribution is -2.08. The third kappa shape index (κ3) is 2.96. The van der Waals surface area contributed by atoms with Crippen molar-refractivity contribution in [1.29, 1.82) is 0 Å². The van der Waals surface area contributed by atoms with E-state index in [1.54, 1.807) is 23.7 Å². The van der Waals surface area contributed by atoms with Gasteiger partial charge in [-0.1, -0.05) is 17.8 Å². The van der Waals surface area contributed by atoms with E-state index < -0.39 is 5.97 Å². The van der Waals surface area contributed by atoms with E-state index in [2.05, 4.69) is 5.10 Å². The number of benzene rings is 1. The molecule has 0 saturated carbocycles. The van der Waals surface area contributed by atoms with Gasteiger partial charge in [-0.3, -0.25) is 4.68 Å². The number of nitrogen functional groups attached to an aromatic ring is 1. The van der Waals surface area contributed by atoms with Crippen LogP contribution in [0.4, 0.5) is 5.69 Å². The highest BCUT2D eigenvalue weighted by atomic mass is 32.2. The van der Waals surface area contributed by atoms with Gasteiger partial charge in [0.25, 0.3) is 0 Å². The average Bonchev–Trinajstić information content (AvgIpc) is 2.70. The van der Waals surface area contributed by atoms with Gasteiger partial charge in [0.05, 0.1) is 28.6 Å². The quantitative estimate of drug-likeness (QED) is 0.692. The van der Waals surface area contributed by atoms with E-state index in [1.165, 1.54) is 11.8 Å². The maximum absolute atomic E-state index is 11.8. The van der Waals surface area contributed by atoms with Gasteiger partial charge in [-0.2, -0.15) is 5.10 Å². The van der Waals surface area contributed by atoms with Crippen molar-refractivity contribution in [3.05, 3.63) is 35.5 Å². The predicted molar refractivity (Wildman–Crippen MR) is 78.9 cm³/mol. The van der Waals surface area contributed by atoms with Gasteiger partial charge in [-0.25, -0.2) is 4.79 Å². The Hall–Kier alpha value is -1.95. The number of hydrogen-bond acceptors (Lipinski definition) is 5. The minimum atomic E-state index is -0.395. The Morgan fingerprint density at radius 3 is 2.85 bits per heavy atom. The Kier molecular flexibility index (Phi) is 4.34. The summed E-state index contributed by atoms with van der Waals surface area (Å²) < 4.78 is 6.78. The van der Waals surface area contributed by atoms with Gasteiger partial charge >= 0.3 is 5.97 Å². The summed E-state index contributed by atoms with van der Waals surface area (Å²) in [6.07, 6.45) is 0. The molecular formula is C14H17N3O2S. The third-order valence-electron chi connectivity index (χ3n) is 2.74. The molecule has 0 saturated heterocycles. The van der Waals surface area contributed by atoms with Gasteiger partial charge in [-0.15, -0.1) is 0 Å². The molecule has 0 bridgehead atoms. The van der Waals surface area contributed by atoms with Crippen LogP contribution in [0.3, 0.4) is 0 Å². The fourth-order valence-corrected chi connectivity index (χ4v) is 2.81. The van der Waals surface area contributed by atoms with E-state index in [0.29, 0.717) is 17.9 Å². The summed E-state index contributed by atoms with van der Waals surface area (Å²) in [5.41, 5.74) is 7.85. The zero-order chi connectivity index (χ0) is 14.7. The average molecular weight is 291 g/mol. The molecule has 0 radical (unpaired) electrons. The molecule has 0 aliphatic heterocycles. The monoisotopic (exact) mass is 291 g/mol. The molecule has 0 atom stereocenters. The number of esters is 1. The molecule has 0 aliphatic carbocycles. The molecule has 106 valence electrons. The van der Waals surface area contributed by atoms with Crippen molar-refractivity contribution in [2.45, 2.75) is 23.8 Å². The first-order chi connectivity index (χ1) is 9.52. The Balaban J connectivity index is 2.31. The molecule has 6 heteroatoms. The fraction of sp³-hybridized carbons (Fsp3) is 0.286. The van der Waals surface area contributed by atoms with E-state index in [-0.39, 0.29) is 0 Å². The molecule has 1 aromatic carbocycles. The fourth-order valence-electron chi connectivity index (χ4n) is 1.81. The number of aromatic nitrogens is 2. The second kappa shape index (κ2) is 6.00. The molecule has 1 heterocycles. The topological polar surface area (TPSA) is 70.1 Å². The van der Waals surface area contributed by atoms with E-state index in [0.717, 1.165) is 15.6 Å². The van der Waals surface area contributed by atoms with E-state index in [9.17, 15) is 4.79 Å². The van der Waals surface area contributed by atoms with Crippen molar-refractivity contribution >= 4 is 23.4 Å². The molecule has 1 aromatic heterocycles. The summed E-state index contributed by atoms with van der Waals surface area (Å²) >= 11 is 1.48. The Labute approximate surface area is 122 Å². The first kappa shape index (κ1) is 14.5. The van der Waals surface area contributed by atoms with Crippen LogP contribution in [0.15, 0.2) is 34.2 Å². The van der Waals surface area contributed by atoms with Gasteiger partial charge in [0.2, 0.25) is 0 Å². The van der Waals surface area contributed by atoms with Crippen molar-refractivity contribution < 1.29 is 9.53 Å². The lowest BCUT2D eigenvalue weighted by atomic mass is 10.2. The van der Waals surface area contributed by atoms with Gasteiger partial charge in [0.15, 0.2) is 0 Å². The number of nitrogens with two attached hydrogens (primary N) is 1. The van der Waals surface area contributed by atoms with Crippen molar-refractivity contribution in [3.63, 3.8) is 0 Å². The van der Waals surface area contributed by atoms with E-state index >= 15 is 0 Å². The van der Waals surface area contributed by atoms with Crippen molar-refractivity contribution in [1.82, 2.24) is 9.78 Å². The SMILES string of the molecule is CCOC(=O)c1cccc(Sc2cc(C)nn2C)c1N. The molecule has 0 spiro atoms. The van der Waals surface area contributed by atoms with E-state index in [4.69, 9.17) is 10.5 Å². The maximum Gasteiger partial charge on any atom is 0.340 e. The van der Waals surface area contributed by atoms with Crippen LogP contribution in [0, 0.1) is 6.92 Å². The number of carbonyl (C=O) groups excluding carboxylic acids is 1. The van der Waals surface area contributed by atoms with Crippen LogP contribution in [-0.2, 0) is 11.8 Å². The molecule has 2 aromatic rings. The lowest BCUT2D eigenvalue weighted by molar-refractivity contribution is 0.0527. The number of nitrogens with zero attached hydrogens (tertiary/aromatic N) is 2. The number of aryl methyl sites for hydroxylation is 2. The van der Waals surface area contributed by atoms with Crippen molar-refractivity contribution in [3.8, 4) is 0 Å². The smallest absolute Gasteiger partial charge is 0.340 e. The van der Waals surface area contributed by atoms with Gasteiger partial charge in [0.1, 0.15) is 0 Å². The molecule has 20 heavy (non-hydrogen) atoms. The molecule has 0 aliphatic rings. The highest BCUT2D eigenvalue weighted by Gasteiger charge is 2.15. The first-order valence-corrected chi connectivity index (χ1v) is 7.08. The largest absolute Gasteiger partial charge is 0.462 e. The molecule has 2 rings (SSSR count). The maximum atomic E-state index is 11.8. The lowest BCUT2D eigenvalue weighted by Gasteiger charge is -2.09. The van der Waals surface area contributed by atoms with Gasteiger partial charge in [0, 0.05) is 11.9 Å². The number of carbonyl (C=O) groups is 1. The third-order valence-corrected chi connectivity index (χ3v) is 3.90. The van der Waals surface area contributed by atoms with Crippen LogP contribution in [0.5, 0.6) is 0 Å². The molecule has 0 fully saturated rings. The predicted octanol–water partition coefficient (Wildman–Crippen LogP) is 2.64. The highest BCUT2D eigenvalue weighted by Crippen LogP contribution is 2.34. The van der Waals surface area contributed by atoms with Crippen molar-refractivity contribution in [2.75, 3.05) is 12.3 Å². The first-order valence-electron chi connectivity index (χ1n) is 6.27. The molecule has 2 N–H and O–H groups in total. The van der Waals surface area contributed by atoms with E-state index in [1.807, 2.05) is 26.1 Å². The van der Waals surface area contributed by atoms with Crippen LogP contribution in [0.1, 0.15) is 23.0 Å². The molecule has 5 nitrogen and oxygen atoms in total. The zero-order valence-electron chi connectivity index (χ0n) is 11.7. The van der Waals surface area contributed by atoms with Crippen LogP contribution < -0.4 is 5.73 Å². The summed E-state index contributed by atoms with van der Waals surface area (Å²) in [5.74, 6) is -0.395. The Morgan fingerprint density at radius 2 is 2.25 bits per heavy atom. The number of hydrogen-bond donors (Lipinski definition) is 1. The number of para-hydroxylation sites is 1. The highest BCUT2D eigenvalue weighted by molar-refractivity contribution is 7.99. The normalized spacial score (nSPS) is 10.6. The Morgan fingerprint density at radius 1 is 1.50 bits per heavy atom. The number of rotatable bonds is 4. The second-order valence-electron chi connectivity index (χ2n) is 4.29. The zero-order valence-corrected chi connectivity index (χ0v) is 12.5. The molecule has 0 unspecified atom stereocenters. The molecule has 0 amide bonds. The second-order valence-corrected chi connectivity index (χ2v) is 5.35. The Bertz CT molecular complexity index is 637. The molecular weight excluding hydrogens is 274 g/mol. The summed E-state index contributed by atoms with van der Waals surface area (Å²) in [6.45, 7) is 4.03. The van der Waals surface area contributed by atoms with Crippen LogP contribution in [-0.4, -0.2) is 22.4 Å². The van der Waals surface area contributed by atoms with Crippen LogP contribution in [0.25, 0.3) is 0 Å². The standard InChI is InChI=1S/C14H17N3O2S/c1-4-19-14(18)10-6-5-7-11(13(10)15)20-12-8-9(2)16-17(12)3/h5-8H,4,15H2,1-3H3. The van der Waals surface area contributed by atoms with Gasteiger partial charge < -0.3 is 10.5 Å². The number of anilines is 1.